The predicted molar refractivity (Wildman–Crippen MR) is 72.4 cm³/mol. The smallest absolute Gasteiger partial charge is 0.430 e. The summed E-state index contributed by atoms with van der Waals surface area (Å²) in [6.45, 7) is 1.44. The van der Waals surface area contributed by atoms with Gasteiger partial charge in [0.1, 0.15) is 5.82 Å². The van der Waals surface area contributed by atoms with Crippen LogP contribution in [0.4, 0.5) is 23.2 Å². The van der Waals surface area contributed by atoms with Gasteiger partial charge in [0, 0.05) is 5.69 Å². The van der Waals surface area contributed by atoms with Crippen molar-refractivity contribution in [3.63, 3.8) is 0 Å². The number of aryl methyl sites for hydroxylation is 1. The number of esters is 1. The van der Waals surface area contributed by atoms with E-state index in [2.05, 4.69) is 4.74 Å². The Kier molecular flexibility index (Phi) is 5.60. The molecule has 1 rings (SSSR count). The van der Waals surface area contributed by atoms with Gasteiger partial charge in [-0.05, 0) is 24.6 Å². The third-order valence-electron chi connectivity index (χ3n) is 2.97. The monoisotopic (exact) mass is 357 g/mol. The van der Waals surface area contributed by atoms with Gasteiger partial charge in [-0.15, -0.1) is 11.6 Å². The van der Waals surface area contributed by atoms with E-state index < -0.39 is 34.8 Å². The minimum absolute atomic E-state index is 0.196. The fraction of sp³-hybridized carbons (Fsp3) is 0.385. The van der Waals surface area contributed by atoms with Gasteiger partial charge in [-0.3, -0.25) is 4.79 Å². The zero-order valence-electron chi connectivity index (χ0n) is 11.9. The molecule has 0 aliphatic heterocycles. The van der Waals surface area contributed by atoms with Gasteiger partial charge in [0.05, 0.1) is 7.11 Å². The molecule has 0 heterocycles. The SMILES string of the molecule is COC(=O)[C@](O)([C@H](Cl)C(=O)Nc1ccc(C)c(F)c1)C(F)(F)F. The highest BCUT2D eigenvalue weighted by atomic mass is 35.5. The van der Waals surface area contributed by atoms with E-state index in [9.17, 15) is 32.3 Å². The molecule has 0 radical (unpaired) electrons. The van der Waals surface area contributed by atoms with Crippen molar-refractivity contribution in [3.8, 4) is 0 Å². The van der Waals surface area contributed by atoms with Crippen LogP contribution in [0, 0.1) is 12.7 Å². The molecule has 23 heavy (non-hydrogen) atoms. The molecule has 0 aromatic heterocycles. The van der Waals surface area contributed by atoms with Crippen LogP contribution in [0.25, 0.3) is 0 Å². The molecule has 128 valence electrons. The Morgan fingerprint density at radius 3 is 2.35 bits per heavy atom. The van der Waals surface area contributed by atoms with E-state index in [4.69, 9.17) is 11.6 Å². The summed E-state index contributed by atoms with van der Waals surface area (Å²) in [5, 5.41) is 8.70. The summed E-state index contributed by atoms with van der Waals surface area (Å²) < 4.78 is 56.0. The van der Waals surface area contributed by atoms with Gasteiger partial charge in [0.15, 0.2) is 5.38 Å². The fourth-order valence-corrected chi connectivity index (χ4v) is 1.85. The first kappa shape index (κ1) is 19.2. The number of carbonyl (C=O) groups excluding carboxylic acids is 2. The van der Waals surface area contributed by atoms with Gasteiger partial charge in [0.2, 0.25) is 5.91 Å². The molecule has 5 nitrogen and oxygen atoms in total. The van der Waals surface area contributed by atoms with Crippen LogP contribution >= 0.6 is 11.6 Å². The number of aliphatic hydroxyl groups is 1. The first-order valence-corrected chi connectivity index (χ1v) is 6.47. The Hall–Kier alpha value is -1.87. The maximum Gasteiger partial charge on any atom is 0.430 e. The number of carbonyl (C=O) groups is 2. The summed E-state index contributed by atoms with van der Waals surface area (Å²) in [7, 11) is 0.593. The highest BCUT2D eigenvalue weighted by Gasteiger charge is 2.67. The molecule has 2 N–H and O–H groups in total. The molecule has 1 aromatic carbocycles. The summed E-state index contributed by atoms with van der Waals surface area (Å²) in [6.07, 6.45) is -5.57. The molecule has 0 aliphatic rings. The quantitative estimate of drug-likeness (QED) is 0.492. The number of rotatable bonds is 4. The molecule has 0 saturated carbocycles. The molecule has 10 heteroatoms. The van der Waals surface area contributed by atoms with Crippen LogP contribution in [-0.2, 0) is 14.3 Å². The minimum atomic E-state index is -5.57. The summed E-state index contributed by atoms with van der Waals surface area (Å²) in [6, 6.07) is 3.33. The first-order valence-electron chi connectivity index (χ1n) is 6.03. The normalized spacial score (nSPS) is 15.5. The van der Waals surface area contributed by atoms with E-state index in [0.29, 0.717) is 7.11 Å². The topological polar surface area (TPSA) is 75.6 Å². The maximum absolute atomic E-state index is 13.3. The molecule has 0 unspecified atom stereocenters. The number of anilines is 1. The third-order valence-corrected chi connectivity index (χ3v) is 3.48. The Balaban J connectivity index is 3.09. The number of hydrogen-bond acceptors (Lipinski definition) is 4. The van der Waals surface area contributed by atoms with Crippen molar-refractivity contribution in [1.29, 1.82) is 0 Å². The van der Waals surface area contributed by atoms with Crippen LogP contribution in [0.15, 0.2) is 18.2 Å². The number of alkyl halides is 4. The van der Waals surface area contributed by atoms with Gasteiger partial charge in [-0.1, -0.05) is 6.07 Å². The van der Waals surface area contributed by atoms with E-state index in [1.807, 2.05) is 5.32 Å². The van der Waals surface area contributed by atoms with Crippen LogP contribution in [0.5, 0.6) is 0 Å². The molecule has 0 spiro atoms. The van der Waals surface area contributed by atoms with Gasteiger partial charge >= 0.3 is 12.1 Å². The highest BCUT2D eigenvalue weighted by molar-refractivity contribution is 6.35. The van der Waals surface area contributed by atoms with Crippen LogP contribution in [-0.4, -0.2) is 41.2 Å². The number of methoxy groups -OCH3 is 1. The van der Waals surface area contributed by atoms with E-state index in [1.54, 1.807) is 0 Å². The number of amides is 1. The van der Waals surface area contributed by atoms with Crippen molar-refractivity contribution in [2.45, 2.75) is 24.1 Å². The predicted octanol–water partition coefficient (Wildman–Crippen LogP) is 2.15. The van der Waals surface area contributed by atoms with Crippen LogP contribution in [0.3, 0.4) is 0 Å². The van der Waals surface area contributed by atoms with Gasteiger partial charge in [-0.25, -0.2) is 9.18 Å². The van der Waals surface area contributed by atoms with E-state index >= 15 is 0 Å². The first-order chi connectivity index (χ1) is 10.4. The van der Waals surface area contributed by atoms with Crippen molar-refractivity contribution in [2.24, 2.45) is 0 Å². The summed E-state index contributed by atoms with van der Waals surface area (Å²) in [5.74, 6) is -4.41. The molecule has 0 saturated heterocycles. The number of nitrogens with one attached hydrogen (secondary N) is 1. The molecule has 0 fully saturated rings. The number of halogens is 5. The van der Waals surface area contributed by atoms with E-state index in [1.165, 1.54) is 19.1 Å². The van der Waals surface area contributed by atoms with Gasteiger partial charge in [0.25, 0.3) is 5.60 Å². The second-order valence-electron chi connectivity index (χ2n) is 4.57. The largest absolute Gasteiger partial charge is 0.467 e. The third kappa shape index (κ3) is 3.73. The second kappa shape index (κ2) is 6.71. The molecule has 2 atom stereocenters. The fourth-order valence-electron chi connectivity index (χ4n) is 1.58. The van der Waals surface area contributed by atoms with Crippen LogP contribution < -0.4 is 5.32 Å². The molecule has 0 bridgehead atoms. The average Bonchev–Trinajstić information content (AvgIpc) is 2.47. The molecule has 1 amide bonds. The standard InChI is InChI=1S/C13H12ClF4NO4/c1-6-3-4-7(5-8(6)15)19-10(20)9(14)12(22,11(21)23-2)13(16,17)18/h3-5,9,22H,1-2H3,(H,19,20)/t9-,12-/m1/s1. The van der Waals surface area contributed by atoms with Crippen LogP contribution in [0.1, 0.15) is 5.56 Å². The molecule has 1 aromatic rings. The molecular formula is C13H12ClF4NO4. The Labute approximate surface area is 133 Å². The number of ether oxygens (including phenoxy) is 1. The lowest BCUT2D eigenvalue weighted by Crippen LogP contribution is -2.62. The maximum atomic E-state index is 13.3. The second-order valence-corrected chi connectivity index (χ2v) is 5.01. The van der Waals surface area contributed by atoms with E-state index in [-0.39, 0.29) is 11.3 Å². The Morgan fingerprint density at radius 2 is 1.91 bits per heavy atom. The van der Waals surface area contributed by atoms with Gasteiger partial charge < -0.3 is 15.2 Å². The van der Waals surface area contributed by atoms with Crippen molar-refractivity contribution in [2.75, 3.05) is 12.4 Å². The zero-order chi connectivity index (χ0) is 18.0. The summed E-state index contributed by atoms with van der Waals surface area (Å²) in [5.41, 5.74) is -4.21. The summed E-state index contributed by atoms with van der Waals surface area (Å²) in [4.78, 5) is 23.0. The Morgan fingerprint density at radius 1 is 1.35 bits per heavy atom. The highest BCUT2D eigenvalue weighted by Crippen LogP contribution is 2.37. The zero-order valence-corrected chi connectivity index (χ0v) is 12.6. The minimum Gasteiger partial charge on any atom is -0.467 e. The lowest BCUT2D eigenvalue weighted by molar-refractivity contribution is -0.260. The number of benzene rings is 1. The van der Waals surface area contributed by atoms with Crippen molar-refractivity contribution in [3.05, 3.63) is 29.6 Å². The van der Waals surface area contributed by atoms with E-state index in [0.717, 1.165) is 6.07 Å². The molecule has 0 aliphatic carbocycles. The van der Waals surface area contributed by atoms with Crippen molar-refractivity contribution in [1.82, 2.24) is 0 Å². The van der Waals surface area contributed by atoms with Crippen molar-refractivity contribution >= 4 is 29.2 Å². The van der Waals surface area contributed by atoms with Gasteiger partial charge in [-0.2, -0.15) is 13.2 Å². The summed E-state index contributed by atoms with van der Waals surface area (Å²) >= 11 is 5.34. The lowest BCUT2D eigenvalue weighted by Gasteiger charge is -2.30. The van der Waals surface area contributed by atoms with Crippen molar-refractivity contribution < 1.29 is 37.0 Å². The lowest BCUT2D eigenvalue weighted by atomic mass is 9.97. The molecular weight excluding hydrogens is 346 g/mol. The number of hydrogen-bond donors (Lipinski definition) is 2. The average molecular weight is 358 g/mol. The Bertz CT molecular complexity index is 622. The van der Waals surface area contributed by atoms with Crippen LogP contribution in [0.2, 0.25) is 0 Å².